The minimum absolute atomic E-state index is 0.292. The van der Waals surface area contributed by atoms with Gasteiger partial charge in [0.15, 0.2) is 0 Å². The first-order valence-corrected chi connectivity index (χ1v) is 6.27. The molecule has 1 aromatic carbocycles. The highest BCUT2D eigenvalue weighted by Crippen LogP contribution is 2.10. The second-order valence-electron chi connectivity index (χ2n) is 4.43. The first-order valence-electron chi connectivity index (χ1n) is 6.27. The quantitative estimate of drug-likeness (QED) is 0.901. The van der Waals surface area contributed by atoms with E-state index in [4.69, 9.17) is 0 Å². The number of nitrogens with one attached hydrogen (secondary N) is 1. The summed E-state index contributed by atoms with van der Waals surface area (Å²) in [7, 11) is 0. The van der Waals surface area contributed by atoms with Gasteiger partial charge in [0.05, 0.1) is 5.69 Å². The molecule has 1 aromatic heterocycles. The van der Waals surface area contributed by atoms with E-state index >= 15 is 0 Å². The van der Waals surface area contributed by atoms with Crippen LogP contribution in [-0.2, 0) is 19.6 Å². The highest BCUT2D eigenvalue weighted by molar-refractivity contribution is 5.19. The Morgan fingerprint density at radius 2 is 1.95 bits per heavy atom. The molecule has 0 fully saturated rings. The highest BCUT2D eigenvalue weighted by atomic mass is 19.1. The van der Waals surface area contributed by atoms with E-state index in [0.29, 0.717) is 18.7 Å². The maximum atomic E-state index is 13.4. The lowest BCUT2D eigenvalue weighted by atomic mass is 10.2. The van der Waals surface area contributed by atoms with Crippen LogP contribution in [0, 0.1) is 18.6 Å². The maximum absolute atomic E-state index is 13.4. The minimum Gasteiger partial charge on any atom is -0.308 e. The van der Waals surface area contributed by atoms with E-state index in [1.54, 1.807) is 0 Å². The SMILES string of the molecule is CCn1cc(CNCc2cc(F)ccc2F)c(C)n1. The van der Waals surface area contributed by atoms with Crippen LogP contribution in [0.3, 0.4) is 0 Å². The summed E-state index contributed by atoms with van der Waals surface area (Å²) in [5, 5.41) is 7.43. The molecule has 0 bridgehead atoms. The third-order valence-electron chi connectivity index (χ3n) is 3.01. The van der Waals surface area contributed by atoms with Crippen molar-refractivity contribution in [2.24, 2.45) is 0 Å². The van der Waals surface area contributed by atoms with E-state index in [0.717, 1.165) is 29.9 Å². The van der Waals surface area contributed by atoms with Crippen LogP contribution >= 0.6 is 0 Å². The van der Waals surface area contributed by atoms with Crippen LogP contribution in [0.15, 0.2) is 24.4 Å². The Balaban J connectivity index is 1.96. The molecule has 102 valence electrons. The first-order chi connectivity index (χ1) is 9.10. The van der Waals surface area contributed by atoms with E-state index in [9.17, 15) is 8.78 Å². The molecule has 0 amide bonds. The number of benzene rings is 1. The summed E-state index contributed by atoms with van der Waals surface area (Å²) in [6.07, 6.45) is 1.96. The molecule has 0 unspecified atom stereocenters. The van der Waals surface area contributed by atoms with Gasteiger partial charge in [-0.3, -0.25) is 4.68 Å². The molecular formula is C14H17F2N3. The number of halogens is 2. The van der Waals surface area contributed by atoms with Crippen LogP contribution in [0.2, 0.25) is 0 Å². The minimum atomic E-state index is -0.423. The molecule has 19 heavy (non-hydrogen) atoms. The van der Waals surface area contributed by atoms with Gasteiger partial charge in [0.2, 0.25) is 0 Å². The van der Waals surface area contributed by atoms with Crippen molar-refractivity contribution < 1.29 is 8.78 Å². The van der Waals surface area contributed by atoms with Crippen LogP contribution in [0.1, 0.15) is 23.7 Å². The average molecular weight is 265 g/mol. The van der Waals surface area contributed by atoms with Gasteiger partial charge in [-0.1, -0.05) is 0 Å². The second-order valence-corrected chi connectivity index (χ2v) is 4.43. The Morgan fingerprint density at radius 1 is 1.21 bits per heavy atom. The summed E-state index contributed by atoms with van der Waals surface area (Å²) in [5.41, 5.74) is 2.35. The molecule has 0 atom stereocenters. The molecule has 0 saturated heterocycles. The lowest BCUT2D eigenvalue weighted by molar-refractivity contribution is 0.568. The summed E-state index contributed by atoms with van der Waals surface area (Å²) >= 11 is 0. The fourth-order valence-electron chi connectivity index (χ4n) is 1.91. The zero-order valence-electron chi connectivity index (χ0n) is 11.1. The van der Waals surface area contributed by atoms with Gasteiger partial charge in [-0.25, -0.2) is 8.78 Å². The number of hydrogen-bond acceptors (Lipinski definition) is 2. The Labute approximate surface area is 111 Å². The third-order valence-corrected chi connectivity index (χ3v) is 3.01. The van der Waals surface area contributed by atoms with Gasteiger partial charge in [-0.2, -0.15) is 5.10 Å². The first kappa shape index (κ1) is 13.7. The number of hydrogen-bond donors (Lipinski definition) is 1. The molecule has 0 aliphatic carbocycles. The van der Waals surface area contributed by atoms with Gasteiger partial charge < -0.3 is 5.32 Å². The van der Waals surface area contributed by atoms with E-state index in [1.807, 2.05) is 24.7 Å². The standard InChI is InChI=1S/C14H17F2N3/c1-3-19-9-12(10(2)18-19)8-17-7-11-6-13(15)4-5-14(11)16/h4-6,9,17H,3,7-8H2,1-2H3. The molecule has 2 aromatic rings. The van der Waals surface area contributed by atoms with E-state index in [1.165, 1.54) is 6.07 Å². The van der Waals surface area contributed by atoms with Crippen LogP contribution in [-0.4, -0.2) is 9.78 Å². The maximum Gasteiger partial charge on any atom is 0.127 e. The Morgan fingerprint density at radius 3 is 2.63 bits per heavy atom. The zero-order chi connectivity index (χ0) is 13.8. The van der Waals surface area contributed by atoms with Crippen LogP contribution in [0.25, 0.3) is 0 Å². The molecular weight excluding hydrogens is 248 g/mol. The van der Waals surface area contributed by atoms with Gasteiger partial charge in [-0.05, 0) is 32.0 Å². The van der Waals surface area contributed by atoms with Crippen molar-refractivity contribution in [3.8, 4) is 0 Å². The average Bonchev–Trinajstić information content (AvgIpc) is 2.75. The molecule has 1 N–H and O–H groups in total. The van der Waals surface area contributed by atoms with Crippen molar-refractivity contribution >= 4 is 0 Å². The van der Waals surface area contributed by atoms with Gasteiger partial charge in [-0.15, -0.1) is 0 Å². The van der Waals surface area contributed by atoms with E-state index in [2.05, 4.69) is 10.4 Å². The smallest absolute Gasteiger partial charge is 0.127 e. The molecule has 0 aliphatic heterocycles. The Kier molecular flexibility index (Phi) is 4.27. The zero-order valence-corrected chi connectivity index (χ0v) is 11.1. The summed E-state index contributed by atoms with van der Waals surface area (Å²) in [6.45, 7) is 5.65. The fourth-order valence-corrected chi connectivity index (χ4v) is 1.91. The molecule has 0 saturated carbocycles. The predicted octanol–water partition coefficient (Wildman–Crippen LogP) is 2.78. The van der Waals surface area contributed by atoms with Gasteiger partial charge in [0.1, 0.15) is 11.6 Å². The number of aromatic nitrogens is 2. The summed E-state index contributed by atoms with van der Waals surface area (Å²) < 4.78 is 28.3. The van der Waals surface area contributed by atoms with Crippen LogP contribution < -0.4 is 5.32 Å². The lowest BCUT2D eigenvalue weighted by Crippen LogP contribution is -2.14. The van der Waals surface area contributed by atoms with E-state index in [-0.39, 0.29) is 0 Å². The van der Waals surface area contributed by atoms with Crippen molar-refractivity contribution in [2.45, 2.75) is 33.5 Å². The van der Waals surface area contributed by atoms with Gasteiger partial charge in [0.25, 0.3) is 0 Å². The molecule has 0 radical (unpaired) electrons. The topological polar surface area (TPSA) is 29.9 Å². The monoisotopic (exact) mass is 265 g/mol. The third kappa shape index (κ3) is 3.38. The normalized spacial score (nSPS) is 10.9. The van der Waals surface area contributed by atoms with Crippen molar-refractivity contribution in [3.05, 3.63) is 52.9 Å². The summed E-state index contributed by atoms with van der Waals surface area (Å²) in [4.78, 5) is 0. The van der Waals surface area contributed by atoms with Gasteiger partial charge >= 0.3 is 0 Å². The Hall–Kier alpha value is -1.75. The Bertz CT molecular complexity index is 564. The molecule has 2 rings (SSSR count). The van der Waals surface area contributed by atoms with Gasteiger partial charge in [0, 0.05) is 37.0 Å². The number of rotatable bonds is 5. The fraction of sp³-hybridized carbons (Fsp3) is 0.357. The van der Waals surface area contributed by atoms with Crippen molar-refractivity contribution in [1.82, 2.24) is 15.1 Å². The van der Waals surface area contributed by atoms with Crippen molar-refractivity contribution in [1.29, 1.82) is 0 Å². The van der Waals surface area contributed by atoms with Crippen molar-refractivity contribution in [2.75, 3.05) is 0 Å². The summed E-state index contributed by atoms with van der Waals surface area (Å²) in [5.74, 6) is -0.817. The largest absolute Gasteiger partial charge is 0.308 e. The molecule has 3 nitrogen and oxygen atoms in total. The van der Waals surface area contributed by atoms with Crippen LogP contribution in [0.4, 0.5) is 8.78 Å². The summed E-state index contributed by atoms with van der Waals surface area (Å²) in [6, 6.07) is 3.48. The second kappa shape index (κ2) is 5.93. The van der Waals surface area contributed by atoms with E-state index < -0.39 is 11.6 Å². The predicted molar refractivity (Wildman–Crippen MR) is 69.5 cm³/mol. The molecule has 0 aliphatic rings. The molecule has 1 heterocycles. The highest BCUT2D eigenvalue weighted by Gasteiger charge is 2.06. The number of aryl methyl sites for hydroxylation is 2. The number of nitrogens with zero attached hydrogens (tertiary/aromatic N) is 2. The molecule has 0 spiro atoms. The molecule has 5 heteroatoms. The van der Waals surface area contributed by atoms with Crippen molar-refractivity contribution in [3.63, 3.8) is 0 Å². The van der Waals surface area contributed by atoms with Crippen LogP contribution in [0.5, 0.6) is 0 Å². The lowest BCUT2D eigenvalue weighted by Gasteiger charge is -2.05.